The molecule has 2 aromatic rings. The number of hydrogen-bond donors (Lipinski definition) is 2. The van der Waals surface area contributed by atoms with Crippen molar-refractivity contribution in [3.05, 3.63) is 70.8 Å². The molecule has 0 aromatic heterocycles. The van der Waals surface area contributed by atoms with Gasteiger partial charge in [0.05, 0.1) is 35.7 Å². The highest BCUT2D eigenvalue weighted by Gasteiger charge is 1.93. The smallest absolute Gasteiger partial charge is 0.234 e. The second-order valence-corrected chi connectivity index (χ2v) is 4.57. The zero-order valence-electron chi connectivity index (χ0n) is 13.0. The first-order valence-corrected chi connectivity index (χ1v) is 6.87. The zero-order chi connectivity index (χ0) is 17.2. The van der Waals surface area contributed by atoms with E-state index in [1.807, 2.05) is 12.1 Å². The van der Waals surface area contributed by atoms with E-state index in [1.165, 1.54) is 12.4 Å². The van der Waals surface area contributed by atoms with Crippen LogP contribution < -0.4 is 11.2 Å². The van der Waals surface area contributed by atoms with Crippen molar-refractivity contribution in [3.63, 3.8) is 0 Å². The van der Waals surface area contributed by atoms with Crippen LogP contribution in [-0.2, 0) is 0 Å². The summed E-state index contributed by atoms with van der Waals surface area (Å²) in [5, 5.41) is 29.1. The normalized spacial score (nSPS) is 10.9. The molecule has 0 bridgehead atoms. The highest BCUT2D eigenvalue weighted by Crippen LogP contribution is 2.02. The fourth-order valence-corrected chi connectivity index (χ4v) is 1.73. The summed E-state index contributed by atoms with van der Waals surface area (Å²) in [6.45, 7) is 0. The number of nitriles is 2. The molecule has 8 heteroatoms. The molecule has 0 amide bonds. The lowest BCUT2D eigenvalue weighted by molar-refractivity contribution is 0.994. The van der Waals surface area contributed by atoms with Crippen LogP contribution in [0.2, 0.25) is 0 Å². The van der Waals surface area contributed by atoms with Crippen LogP contribution in [0, 0.1) is 22.7 Å². The Morgan fingerprint density at radius 3 is 2.08 bits per heavy atom. The average molecular weight is 352 g/mol. The van der Waals surface area contributed by atoms with Crippen LogP contribution >= 0.6 is 12.4 Å². The SMILES string of the molecule is Cl.N#Cc1cccc(/C=N/N=C(\N)N/N=C/c2cccc(C#N)c2)c1. The Balaban J connectivity index is 0.00000312. The Labute approximate surface area is 151 Å². The Morgan fingerprint density at radius 1 is 0.960 bits per heavy atom. The summed E-state index contributed by atoms with van der Waals surface area (Å²) in [4.78, 5) is 0. The van der Waals surface area contributed by atoms with E-state index in [2.05, 4.69) is 20.7 Å². The second kappa shape index (κ2) is 10.2. The molecule has 0 atom stereocenters. The molecule has 3 N–H and O–H groups in total. The molecule has 25 heavy (non-hydrogen) atoms. The van der Waals surface area contributed by atoms with Crippen molar-refractivity contribution in [1.29, 1.82) is 10.5 Å². The van der Waals surface area contributed by atoms with Crippen LogP contribution in [0.15, 0.2) is 63.8 Å². The molecule has 0 saturated carbocycles. The van der Waals surface area contributed by atoms with Crippen molar-refractivity contribution in [2.24, 2.45) is 21.0 Å². The van der Waals surface area contributed by atoms with E-state index >= 15 is 0 Å². The number of benzene rings is 2. The molecule has 2 rings (SSSR count). The maximum absolute atomic E-state index is 8.82. The molecule has 0 spiro atoms. The number of hydrogen-bond acceptors (Lipinski definition) is 5. The van der Waals surface area contributed by atoms with Gasteiger partial charge in [-0.1, -0.05) is 24.3 Å². The lowest BCUT2D eigenvalue weighted by Crippen LogP contribution is -2.26. The maximum atomic E-state index is 8.82. The number of guanidine groups is 1. The molecule has 7 nitrogen and oxygen atoms in total. The van der Waals surface area contributed by atoms with Gasteiger partial charge in [-0.2, -0.15) is 20.7 Å². The maximum Gasteiger partial charge on any atom is 0.234 e. The molecule has 2 aromatic carbocycles. The lowest BCUT2D eigenvalue weighted by Gasteiger charge is -1.97. The minimum atomic E-state index is 0. The average Bonchev–Trinajstić information content (AvgIpc) is 2.62. The molecule has 0 radical (unpaired) electrons. The summed E-state index contributed by atoms with van der Waals surface area (Å²) >= 11 is 0. The molecule has 0 heterocycles. The van der Waals surface area contributed by atoms with Crippen molar-refractivity contribution in [2.45, 2.75) is 0 Å². The Hall–Kier alpha value is -3.68. The number of halogens is 1. The number of nitrogens with zero attached hydrogens (tertiary/aromatic N) is 5. The highest BCUT2D eigenvalue weighted by molar-refractivity contribution is 5.85. The van der Waals surface area contributed by atoms with E-state index < -0.39 is 0 Å². The van der Waals surface area contributed by atoms with E-state index in [4.69, 9.17) is 16.3 Å². The summed E-state index contributed by atoms with van der Waals surface area (Å²) in [6.07, 6.45) is 3.00. The predicted molar refractivity (Wildman–Crippen MR) is 99.5 cm³/mol. The van der Waals surface area contributed by atoms with Crippen LogP contribution in [0.25, 0.3) is 0 Å². The molecule has 0 unspecified atom stereocenters. The van der Waals surface area contributed by atoms with Crippen LogP contribution in [0.5, 0.6) is 0 Å². The Bertz CT molecular complexity index is 888. The van der Waals surface area contributed by atoms with E-state index in [1.54, 1.807) is 48.5 Å². The van der Waals surface area contributed by atoms with Crippen molar-refractivity contribution >= 4 is 30.8 Å². The largest absolute Gasteiger partial charge is 0.367 e. The first kappa shape index (κ1) is 19.4. The van der Waals surface area contributed by atoms with Gasteiger partial charge in [0.15, 0.2) is 0 Å². The topological polar surface area (TPSA) is 123 Å². The second-order valence-electron chi connectivity index (χ2n) is 4.57. The summed E-state index contributed by atoms with van der Waals surface area (Å²) < 4.78 is 0. The molecular weight excluding hydrogens is 338 g/mol. The Kier molecular flexibility index (Phi) is 7.87. The fourth-order valence-electron chi connectivity index (χ4n) is 1.73. The fraction of sp³-hybridized carbons (Fsp3) is 0. The van der Waals surface area contributed by atoms with Crippen LogP contribution in [0.1, 0.15) is 22.3 Å². The molecule has 0 aliphatic rings. The number of rotatable bonds is 4. The first-order valence-electron chi connectivity index (χ1n) is 6.87. The van der Waals surface area contributed by atoms with E-state index in [9.17, 15) is 0 Å². The minimum Gasteiger partial charge on any atom is -0.367 e. The van der Waals surface area contributed by atoms with Gasteiger partial charge in [-0.05, 0) is 35.4 Å². The van der Waals surface area contributed by atoms with Gasteiger partial charge in [0, 0.05) is 0 Å². The van der Waals surface area contributed by atoms with Crippen molar-refractivity contribution in [3.8, 4) is 12.1 Å². The minimum absolute atomic E-state index is 0. The Morgan fingerprint density at radius 2 is 1.52 bits per heavy atom. The van der Waals surface area contributed by atoms with Crippen LogP contribution in [-0.4, -0.2) is 18.4 Å². The summed E-state index contributed by atoms with van der Waals surface area (Å²) in [7, 11) is 0. The molecule has 0 aliphatic carbocycles. The zero-order valence-corrected chi connectivity index (χ0v) is 13.8. The summed E-state index contributed by atoms with van der Waals surface area (Å²) in [5.41, 5.74) is 10.7. The molecule has 0 fully saturated rings. The van der Waals surface area contributed by atoms with Gasteiger partial charge in [-0.25, -0.2) is 5.43 Å². The summed E-state index contributed by atoms with van der Waals surface area (Å²) in [5.74, 6) is 0.00961. The molecule has 124 valence electrons. The van der Waals surface area contributed by atoms with Crippen molar-refractivity contribution < 1.29 is 0 Å². The van der Waals surface area contributed by atoms with Gasteiger partial charge in [-0.3, -0.25) is 0 Å². The van der Waals surface area contributed by atoms with Gasteiger partial charge < -0.3 is 5.73 Å². The number of nitrogens with two attached hydrogens (primary N) is 1. The molecule has 0 aliphatic heterocycles. The van der Waals surface area contributed by atoms with E-state index in [0.29, 0.717) is 11.1 Å². The van der Waals surface area contributed by atoms with Gasteiger partial charge in [0.2, 0.25) is 5.96 Å². The third kappa shape index (κ3) is 6.53. The third-order valence-electron chi connectivity index (χ3n) is 2.80. The highest BCUT2D eigenvalue weighted by atomic mass is 35.5. The lowest BCUT2D eigenvalue weighted by atomic mass is 10.1. The first-order chi connectivity index (χ1) is 11.7. The van der Waals surface area contributed by atoms with E-state index in [-0.39, 0.29) is 18.4 Å². The van der Waals surface area contributed by atoms with Gasteiger partial charge in [0.25, 0.3) is 0 Å². The van der Waals surface area contributed by atoms with Gasteiger partial charge in [0.1, 0.15) is 0 Å². The number of nitrogens with one attached hydrogen (secondary N) is 1. The third-order valence-corrected chi connectivity index (χ3v) is 2.80. The molecule has 0 saturated heterocycles. The van der Waals surface area contributed by atoms with Crippen LogP contribution in [0.3, 0.4) is 0 Å². The van der Waals surface area contributed by atoms with Crippen molar-refractivity contribution in [2.75, 3.05) is 0 Å². The number of hydrazone groups is 1. The van der Waals surface area contributed by atoms with Gasteiger partial charge >= 0.3 is 0 Å². The van der Waals surface area contributed by atoms with Crippen LogP contribution in [0.4, 0.5) is 0 Å². The van der Waals surface area contributed by atoms with E-state index in [0.717, 1.165) is 11.1 Å². The molecular formula is C17H14ClN7. The quantitative estimate of drug-likeness (QED) is 0.497. The predicted octanol–water partition coefficient (Wildman–Crippen LogP) is 2.12. The van der Waals surface area contributed by atoms with Crippen molar-refractivity contribution in [1.82, 2.24) is 5.43 Å². The standard InChI is InChI=1S/C17H13N7.ClH/c18-9-13-3-1-5-15(7-13)11-21-23-17(20)24-22-12-16-6-2-4-14(8-16)10-19;/h1-8,11-12H,(H3,20,23,24);1H/b21-11+,22-12+;. The monoisotopic (exact) mass is 351 g/mol. The summed E-state index contributed by atoms with van der Waals surface area (Å²) in [6, 6.07) is 18.0. The van der Waals surface area contributed by atoms with Gasteiger partial charge in [-0.15, -0.1) is 17.5 Å².